The van der Waals surface area contributed by atoms with E-state index in [0.717, 1.165) is 18.8 Å². The molecule has 0 saturated carbocycles. The Bertz CT molecular complexity index is 331. The van der Waals surface area contributed by atoms with Crippen LogP contribution in [0, 0.1) is 5.92 Å². The Morgan fingerprint density at radius 3 is 1.10 bits per heavy atom. The van der Waals surface area contributed by atoms with Crippen LogP contribution in [0.2, 0.25) is 0 Å². The first-order valence-electron chi connectivity index (χ1n) is 13.1. The summed E-state index contributed by atoms with van der Waals surface area (Å²) in [5.41, 5.74) is 0. The van der Waals surface area contributed by atoms with Crippen LogP contribution in [-0.4, -0.2) is 17.7 Å². The van der Waals surface area contributed by atoms with Crippen LogP contribution in [0.5, 0.6) is 0 Å². The normalized spacial score (nSPS) is 11.3. The molecule has 0 fully saturated rings. The van der Waals surface area contributed by atoms with E-state index >= 15 is 0 Å². The highest BCUT2D eigenvalue weighted by Crippen LogP contribution is 2.15. The lowest BCUT2D eigenvalue weighted by Crippen LogP contribution is -2.21. The Balaban J connectivity index is 3.01. The number of hydrogen-bond acceptors (Lipinski definition) is 1. The molecule has 0 aliphatic heterocycles. The monoisotopic (exact) mass is 411 g/mol. The van der Waals surface area contributed by atoms with Gasteiger partial charge in [-0.2, -0.15) is 0 Å². The van der Waals surface area contributed by atoms with Gasteiger partial charge in [-0.05, 0) is 12.3 Å². The van der Waals surface area contributed by atoms with Gasteiger partial charge in [-0.3, -0.25) is 0 Å². The highest BCUT2D eigenvalue weighted by molar-refractivity contribution is 5.64. The second kappa shape index (κ2) is 23.5. The molecule has 0 atom stereocenters. The first-order valence-corrected chi connectivity index (χ1v) is 13.1. The maximum absolute atomic E-state index is 10.3. The van der Waals surface area contributed by atoms with Gasteiger partial charge in [0.2, 0.25) is 0 Å². The Labute approximate surface area is 182 Å². The van der Waals surface area contributed by atoms with E-state index in [1.165, 1.54) is 122 Å². The fourth-order valence-electron chi connectivity index (χ4n) is 4.05. The van der Waals surface area contributed by atoms with E-state index in [1.54, 1.807) is 0 Å². The van der Waals surface area contributed by atoms with E-state index in [-0.39, 0.29) is 0 Å². The van der Waals surface area contributed by atoms with Gasteiger partial charge in [-0.1, -0.05) is 142 Å². The summed E-state index contributed by atoms with van der Waals surface area (Å²) in [6, 6.07) is 0. The Hall–Kier alpha value is -0.730. The number of rotatable bonds is 23. The third-order valence-electron chi connectivity index (χ3n) is 5.98. The van der Waals surface area contributed by atoms with Crippen LogP contribution in [0.1, 0.15) is 149 Å². The van der Waals surface area contributed by atoms with Crippen molar-refractivity contribution in [3.63, 3.8) is 0 Å². The summed E-state index contributed by atoms with van der Waals surface area (Å²) in [6.07, 6.45) is 28.1. The number of hydrogen-bond donors (Lipinski definition) is 2. The molecule has 0 aromatic carbocycles. The minimum atomic E-state index is -0.900. The van der Waals surface area contributed by atoms with Crippen LogP contribution in [0.3, 0.4) is 0 Å². The SMILES string of the molecule is CC(C)CCCCCCCCCCCCCCCCCCCCCCNC(=O)O. The largest absolute Gasteiger partial charge is 0.465 e. The standard InChI is InChI=1S/C26H53NO2/c1-25(2)23-21-19-17-15-13-11-9-7-5-3-4-6-8-10-12-14-16-18-20-22-24-27-26(28)29/h25,27H,3-24H2,1-2H3,(H,28,29). The quantitative estimate of drug-likeness (QED) is 0.165. The smallest absolute Gasteiger partial charge is 0.404 e. The fourth-order valence-corrected chi connectivity index (χ4v) is 4.05. The molecule has 3 heteroatoms. The Morgan fingerprint density at radius 2 is 0.828 bits per heavy atom. The molecular formula is C26H53NO2. The van der Waals surface area contributed by atoms with Crippen molar-refractivity contribution in [3.05, 3.63) is 0 Å². The fraction of sp³-hybridized carbons (Fsp3) is 0.962. The third kappa shape index (κ3) is 27.3. The van der Waals surface area contributed by atoms with Crippen molar-refractivity contribution in [3.8, 4) is 0 Å². The van der Waals surface area contributed by atoms with E-state index in [2.05, 4.69) is 19.2 Å². The van der Waals surface area contributed by atoms with Crippen LogP contribution in [0.4, 0.5) is 4.79 Å². The Kier molecular flexibility index (Phi) is 23.0. The maximum Gasteiger partial charge on any atom is 0.404 e. The number of amides is 1. The van der Waals surface area contributed by atoms with Crippen LogP contribution < -0.4 is 5.32 Å². The van der Waals surface area contributed by atoms with Gasteiger partial charge >= 0.3 is 6.09 Å². The summed E-state index contributed by atoms with van der Waals surface area (Å²) in [4.78, 5) is 10.3. The molecular weight excluding hydrogens is 358 g/mol. The molecule has 0 unspecified atom stereocenters. The predicted molar refractivity (Wildman–Crippen MR) is 128 cm³/mol. The van der Waals surface area contributed by atoms with Crippen molar-refractivity contribution < 1.29 is 9.90 Å². The molecule has 0 bridgehead atoms. The van der Waals surface area contributed by atoms with Crippen molar-refractivity contribution in [2.24, 2.45) is 5.92 Å². The minimum absolute atomic E-state index is 0.605. The zero-order valence-corrected chi connectivity index (χ0v) is 20.0. The van der Waals surface area contributed by atoms with Crippen molar-refractivity contribution in [2.75, 3.05) is 6.54 Å². The zero-order chi connectivity index (χ0) is 21.4. The summed E-state index contributed by atoms with van der Waals surface area (Å²) in [5.74, 6) is 0.882. The number of carbonyl (C=O) groups is 1. The molecule has 29 heavy (non-hydrogen) atoms. The second-order valence-corrected chi connectivity index (χ2v) is 9.49. The molecule has 0 heterocycles. The summed E-state index contributed by atoms with van der Waals surface area (Å²) in [6.45, 7) is 5.27. The van der Waals surface area contributed by atoms with Crippen LogP contribution in [-0.2, 0) is 0 Å². The average molecular weight is 412 g/mol. The summed E-state index contributed by atoms with van der Waals surface area (Å²) >= 11 is 0. The molecule has 0 spiro atoms. The van der Waals surface area contributed by atoms with Crippen LogP contribution in [0.25, 0.3) is 0 Å². The van der Waals surface area contributed by atoms with Crippen molar-refractivity contribution in [1.82, 2.24) is 5.32 Å². The highest BCUT2D eigenvalue weighted by Gasteiger charge is 1.97. The number of carboxylic acid groups (broad SMARTS) is 1. The molecule has 174 valence electrons. The predicted octanol–water partition coefficient (Wildman–Crippen LogP) is 9.10. The molecule has 0 aromatic rings. The van der Waals surface area contributed by atoms with Crippen molar-refractivity contribution in [1.29, 1.82) is 0 Å². The first kappa shape index (κ1) is 28.3. The van der Waals surface area contributed by atoms with Gasteiger partial charge in [0.15, 0.2) is 0 Å². The maximum atomic E-state index is 10.3. The lowest BCUT2D eigenvalue weighted by atomic mass is 10.0. The molecule has 0 aliphatic carbocycles. The topological polar surface area (TPSA) is 49.3 Å². The molecule has 0 rings (SSSR count). The van der Waals surface area contributed by atoms with Gasteiger partial charge in [0, 0.05) is 6.54 Å². The van der Waals surface area contributed by atoms with Gasteiger partial charge < -0.3 is 10.4 Å². The van der Waals surface area contributed by atoms with E-state index in [0.29, 0.717) is 6.54 Å². The van der Waals surface area contributed by atoms with Gasteiger partial charge in [-0.15, -0.1) is 0 Å². The zero-order valence-electron chi connectivity index (χ0n) is 20.0. The molecule has 0 radical (unpaired) electrons. The van der Waals surface area contributed by atoms with Gasteiger partial charge in [0.1, 0.15) is 0 Å². The summed E-state index contributed by atoms with van der Waals surface area (Å²) in [5, 5.41) is 10.9. The number of nitrogens with one attached hydrogen (secondary N) is 1. The van der Waals surface area contributed by atoms with Gasteiger partial charge in [-0.25, -0.2) is 4.79 Å². The molecule has 2 N–H and O–H groups in total. The molecule has 0 aliphatic rings. The molecule has 1 amide bonds. The molecule has 3 nitrogen and oxygen atoms in total. The van der Waals surface area contributed by atoms with Gasteiger partial charge in [0.25, 0.3) is 0 Å². The highest BCUT2D eigenvalue weighted by atomic mass is 16.4. The summed E-state index contributed by atoms with van der Waals surface area (Å²) in [7, 11) is 0. The van der Waals surface area contributed by atoms with Gasteiger partial charge in [0.05, 0.1) is 0 Å². The van der Waals surface area contributed by atoms with Crippen LogP contribution >= 0.6 is 0 Å². The van der Waals surface area contributed by atoms with E-state index in [1.807, 2.05) is 0 Å². The van der Waals surface area contributed by atoms with E-state index in [4.69, 9.17) is 5.11 Å². The molecule has 0 aromatic heterocycles. The Morgan fingerprint density at radius 1 is 0.552 bits per heavy atom. The van der Waals surface area contributed by atoms with E-state index in [9.17, 15) is 4.79 Å². The molecule has 0 saturated heterocycles. The lowest BCUT2D eigenvalue weighted by molar-refractivity contribution is 0.194. The second-order valence-electron chi connectivity index (χ2n) is 9.49. The average Bonchev–Trinajstić information content (AvgIpc) is 2.68. The first-order chi connectivity index (χ1) is 14.1. The summed E-state index contributed by atoms with van der Waals surface area (Å²) < 4.78 is 0. The van der Waals surface area contributed by atoms with Crippen molar-refractivity contribution in [2.45, 2.75) is 149 Å². The third-order valence-corrected chi connectivity index (χ3v) is 5.98. The number of unbranched alkanes of at least 4 members (excludes halogenated alkanes) is 19. The lowest BCUT2D eigenvalue weighted by Gasteiger charge is -2.05. The minimum Gasteiger partial charge on any atom is -0.465 e. The van der Waals surface area contributed by atoms with E-state index < -0.39 is 6.09 Å². The van der Waals surface area contributed by atoms with Crippen LogP contribution in [0.15, 0.2) is 0 Å². The van der Waals surface area contributed by atoms with Crippen molar-refractivity contribution >= 4 is 6.09 Å².